The van der Waals surface area contributed by atoms with E-state index in [1.807, 2.05) is 48.5 Å². The third-order valence-electron chi connectivity index (χ3n) is 3.97. The van der Waals surface area contributed by atoms with Gasteiger partial charge in [0, 0.05) is 29.1 Å². The zero-order valence-corrected chi connectivity index (χ0v) is 16.4. The molecule has 134 valence electrons. The SMILES string of the molecule is O=C1C(=Cc2ccc(-c3ccc(Cl)cc3)o2)SC(=S)N1Cc1cccnc1. The number of carbonyl (C=O) groups is 1. The molecule has 1 aliphatic heterocycles. The number of nitrogens with zero attached hydrogens (tertiary/aromatic N) is 2. The van der Waals surface area contributed by atoms with Crippen molar-refractivity contribution >= 4 is 51.9 Å². The number of pyridine rings is 1. The Labute approximate surface area is 170 Å². The number of hydrogen-bond acceptors (Lipinski definition) is 5. The van der Waals surface area contributed by atoms with Gasteiger partial charge >= 0.3 is 0 Å². The Kier molecular flexibility index (Phi) is 5.11. The van der Waals surface area contributed by atoms with Crippen LogP contribution < -0.4 is 0 Å². The van der Waals surface area contributed by atoms with E-state index in [4.69, 9.17) is 28.2 Å². The van der Waals surface area contributed by atoms with Gasteiger partial charge in [0.15, 0.2) is 0 Å². The van der Waals surface area contributed by atoms with Gasteiger partial charge in [0.05, 0.1) is 11.4 Å². The van der Waals surface area contributed by atoms with Crippen LogP contribution in [-0.4, -0.2) is 20.1 Å². The minimum absolute atomic E-state index is 0.127. The van der Waals surface area contributed by atoms with E-state index in [2.05, 4.69) is 4.98 Å². The normalized spacial score (nSPS) is 15.7. The molecule has 0 saturated carbocycles. The summed E-state index contributed by atoms with van der Waals surface area (Å²) >= 11 is 12.6. The van der Waals surface area contributed by atoms with Crippen LogP contribution in [0, 0.1) is 0 Å². The molecule has 1 aliphatic rings. The first-order valence-electron chi connectivity index (χ1n) is 8.10. The van der Waals surface area contributed by atoms with Gasteiger partial charge in [-0.2, -0.15) is 0 Å². The van der Waals surface area contributed by atoms with Crippen molar-refractivity contribution in [1.82, 2.24) is 9.88 Å². The third kappa shape index (κ3) is 3.98. The van der Waals surface area contributed by atoms with Crippen LogP contribution in [0.4, 0.5) is 0 Å². The van der Waals surface area contributed by atoms with Crippen LogP contribution in [0.5, 0.6) is 0 Å². The van der Waals surface area contributed by atoms with Gasteiger partial charge in [0.2, 0.25) is 0 Å². The maximum absolute atomic E-state index is 12.7. The second kappa shape index (κ2) is 7.68. The summed E-state index contributed by atoms with van der Waals surface area (Å²) in [5.74, 6) is 1.18. The van der Waals surface area contributed by atoms with E-state index >= 15 is 0 Å². The second-order valence-electron chi connectivity index (χ2n) is 5.84. The number of rotatable bonds is 4. The highest BCUT2D eigenvalue weighted by atomic mass is 35.5. The molecule has 27 heavy (non-hydrogen) atoms. The monoisotopic (exact) mass is 412 g/mol. The molecule has 0 N–H and O–H groups in total. The fourth-order valence-corrected chi connectivity index (χ4v) is 4.00. The summed E-state index contributed by atoms with van der Waals surface area (Å²) in [6.45, 7) is 0.407. The molecule has 1 amide bonds. The van der Waals surface area contributed by atoms with Gasteiger partial charge in [-0.05, 0) is 48.0 Å². The van der Waals surface area contributed by atoms with Crippen molar-refractivity contribution in [2.24, 2.45) is 0 Å². The van der Waals surface area contributed by atoms with E-state index in [0.717, 1.165) is 11.1 Å². The molecule has 4 rings (SSSR count). The smallest absolute Gasteiger partial charge is 0.266 e. The molecule has 4 nitrogen and oxygen atoms in total. The molecular formula is C20H13ClN2O2S2. The molecule has 0 aliphatic carbocycles. The zero-order valence-electron chi connectivity index (χ0n) is 14.0. The van der Waals surface area contributed by atoms with Gasteiger partial charge in [-0.3, -0.25) is 14.7 Å². The van der Waals surface area contributed by atoms with Crippen LogP contribution in [0.1, 0.15) is 11.3 Å². The maximum Gasteiger partial charge on any atom is 0.266 e. The van der Waals surface area contributed by atoms with Crippen LogP contribution in [0.2, 0.25) is 5.02 Å². The van der Waals surface area contributed by atoms with Gasteiger partial charge < -0.3 is 4.42 Å². The number of hydrogen-bond donors (Lipinski definition) is 0. The Hall–Kier alpha value is -2.41. The van der Waals surface area contributed by atoms with Crippen molar-refractivity contribution in [3.05, 3.63) is 82.2 Å². The lowest BCUT2D eigenvalue weighted by molar-refractivity contribution is -0.122. The first kappa shape index (κ1) is 18.0. The van der Waals surface area contributed by atoms with E-state index in [9.17, 15) is 4.79 Å². The summed E-state index contributed by atoms with van der Waals surface area (Å²) in [6.07, 6.45) is 5.15. The Balaban J connectivity index is 1.53. The van der Waals surface area contributed by atoms with Crippen molar-refractivity contribution in [1.29, 1.82) is 0 Å². The van der Waals surface area contributed by atoms with Gasteiger partial charge in [-0.1, -0.05) is 41.6 Å². The number of halogens is 1. The van der Waals surface area contributed by atoms with Crippen LogP contribution in [0.25, 0.3) is 17.4 Å². The van der Waals surface area contributed by atoms with Gasteiger partial charge in [0.1, 0.15) is 15.8 Å². The molecule has 2 aromatic heterocycles. The molecule has 0 atom stereocenters. The molecule has 3 aromatic rings. The van der Waals surface area contributed by atoms with Gasteiger partial charge in [0.25, 0.3) is 5.91 Å². The lowest BCUT2D eigenvalue weighted by atomic mass is 10.2. The average molecular weight is 413 g/mol. The highest BCUT2D eigenvalue weighted by molar-refractivity contribution is 8.26. The summed E-state index contributed by atoms with van der Waals surface area (Å²) in [6, 6.07) is 14.8. The van der Waals surface area contributed by atoms with E-state index in [-0.39, 0.29) is 5.91 Å². The molecule has 1 aromatic carbocycles. The number of amides is 1. The van der Waals surface area contributed by atoms with E-state index in [0.29, 0.717) is 32.3 Å². The summed E-state index contributed by atoms with van der Waals surface area (Å²) in [7, 11) is 0. The van der Waals surface area contributed by atoms with Gasteiger partial charge in [-0.25, -0.2) is 0 Å². The number of thiocarbonyl (C=S) groups is 1. The molecule has 0 spiro atoms. The van der Waals surface area contributed by atoms with Crippen molar-refractivity contribution in [3.63, 3.8) is 0 Å². The largest absolute Gasteiger partial charge is 0.457 e. The summed E-state index contributed by atoms with van der Waals surface area (Å²) in [5, 5.41) is 0.669. The van der Waals surface area contributed by atoms with Crippen LogP contribution in [0.15, 0.2) is 70.2 Å². The molecule has 0 unspecified atom stereocenters. The predicted octanol–water partition coefficient (Wildman–Crippen LogP) is 5.40. The minimum atomic E-state index is -0.127. The Morgan fingerprint density at radius 3 is 2.74 bits per heavy atom. The maximum atomic E-state index is 12.7. The number of aromatic nitrogens is 1. The molecule has 0 bridgehead atoms. The highest BCUT2D eigenvalue weighted by Crippen LogP contribution is 2.34. The standard InChI is InChI=1S/C20H13ClN2O2S2/c21-15-5-3-14(4-6-15)17-8-7-16(25-17)10-18-19(24)23(20(26)27-18)12-13-2-1-9-22-11-13/h1-11H,12H2. The Morgan fingerprint density at radius 1 is 1.19 bits per heavy atom. The zero-order chi connectivity index (χ0) is 18.8. The summed E-state index contributed by atoms with van der Waals surface area (Å²) in [4.78, 5) is 18.9. The van der Waals surface area contributed by atoms with Crippen molar-refractivity contribution in [3.8, 4) is 11.3 Å². The molecule has 1 fully saturated rings. The first-order valence-corrected chi connectivity index (χ1v) is 9.70. The second-order valence-corrected chi connectivity index (χ2v) is 7.95. The number of thioether (sulfide) groups is 1. The molecule has 3 heterocycles. The first-order chi connectivity index (χ1) is 13.1. The average Bonchev–Trinajstić information content (AvgIpc) is 3.24. The number of furan rings is 1. The van der Waals surface area contributed by atoms with Crippen molar-refractivity contribution in [2.75, 3.05) is 0 Å². The van der Waals surface area contributed by atoms with E-state index in [1.54, 1.807) is 23.4 Å². The minimum Gasteiger partial charge on any atom is -0.457 e. The molecule has 0 radical (unpaired) electrons. The lowest BCUT2D eigenvalue weighted by Gasteiger charge is -2.13. The summed E-state index contributed by atoms with van der Waals surface area (Å²) in [5.41, 5.74) is 1.85. The summed E-state index contributed by atoms with van der Waals surface area (Å²) < 4.78 is 6.38. The van der Waals surface area contributed by atoms with Crippen molar-refractivity contribution in [2.45, 2.75) is 6.54 Å². The third-order valence-corrected chi connectivity index (χ3v) is 5.60. The van der Waals surface area contributed by atoms with Gasteiger partial charge in [-0.15, -0.1) is 0 Å². The van der Waals surface area contributed by atoms with Crippen LogP contribution >= 0.6 is 35.6 Å². The number of benzene rings is 1. The lowest BCUT2D eigenvalue weighted by Crippen LogP contribution is -2.27. The van der Waals surface area contributed by atoms with E-state index in [1.165, 1.54) is 11.8 Å². The Morgan fingerprint density at radius 2 is 2.00 bits per heavy atom. The topological polar surface area (TPSA) is 46.3 Å². The predicted molar refractivity (Wildman–Crippen MR) is 112 cm³/mol. The number of carbonyl (C=O) groups excluding carboxylic acids is 1. The highest BCUT2D eigenvalue weighted by Gasteiger charge is 2.32. The molecule has 7 heteroatoms. The fourth-order valence-electron chi connectivity index (χ4n) is 2.64. The Bertz CT molecular complexity index is 1030. The van der Waals surface area contributed by atoms with Crippen LogP contribution in [-0.2, 0) is 11.3 Å². The molecular weight excluding hydrogens is 400 g/mol. The van der Waals surface area contributed by atoms with Crippen molar-refractivity contribution < 1.29 is 9.21 Å². The fraction of sp³-hybridized carbons (Fsp3) is 0.0500. The quantitative estimate of drug-likeness (QED) is 0.424. The molecule has 1 saturated heterocycles. The van der Waals surface area contributed by atoms with E-state index < -0.39 is 0 Å². The van der Waals surface area contributed by atoms with Crippen LogP contribution in [0.3, 0.4) is 0 Å².